The highest BCUT2D eigenvalue weighted by atomic mass is 15.1. The first-order valence-corrected chi connectivity index (χ1v) is 4.43. The van der Waals surface area contributed by atoms with E-state index in [0.717, 1.165) is 16.5 Å². The molecule has 0 amide bonds. The van der Waals surface area contributed by atoms with Gasteiger partial charge in [-0.3, -0.25) is 0 Å². The smallest absolute Gasteiger partial charge is 0.0881 e. The van der Waals surface area contributed by atoms with Gasteiger partial charge in [0, 0.05) is 10.8 Å². The predicted octanol–water partition coefficient (Wildman–Crippen LogP) is 2.26. The molecule has 1 unspecified atom stereocenters. The van der Waals surface area contributed by atoms with Gasteiger partial charge in [-0.25, -0.2) is 0 Å². The van der Waals surface area contributed by atoms with Gasteiger partial charge in [-0.2, -0.15) is 15.5 Å². The van der Waals surface area contributed by atoms with E-state index in [2.05, 4.69) is 16.3 Å². The van der Waals surface area contributed by atoms with Crippen LogP contribution in [0.15, 0.2) is 30.5 Å². The van der Waals surface area contributed by atoms with Gasteiger partial charge in [0.1, 0.15) is 0 Å². The molecule has 1 aromatic heterocycles. The molecule has 14 heavy (non-hydrogen) atoms. The number of benzene rings is 1. The molecule has 0 saturated heterocycles. The van der Waals surface area contributed by atoms with Crippen LogP contribution in [0.1, 0.15) is 18.5 Å². The van der Waals surface area contributed by atoms with E-state index in [1.807, 2.05) is 31.2 Å². The van der Waals surface area contributed by atoms with Crippen LogP contribution in [0.3, 0.4) is 0 Å². The normalized spacial score (nSPS) is 12.3. The Morgan fingerprint density at radius 2 is 2.14 bits per heavy atom. The van der Waals surface area contributed by atoms with E-state index < -0.39 is 0 Å². The number of aromatic nitrogens is 2. The highest BCUT2D eigenvalue weighted by Crippen LogP contribution is 2.21. The Labute approximate surface area is 82.0 Å². The molecule has 1 aromatic carbocycles. The van der Waals surface area contributed by atoms with Crippen LogP contribution in [0, 0.1) is 11.3 Å². The summed E-state index contributed by atoms with van der Waals surface area (Å²) in [4.78, 5) is 0. The Morgan fingerprint density at radius 1 is 1.36 bits per heavy atom. The minimum atomic E-state index is -0.214. The van der Waals surface area contributed by atoms with Crippen LogP contribution in [0.25, 0.3) is 10.8 Å². The van der Waals surface area contributed by atoms with Crippen molar-refractivity contribution >= 4 is 10.8 Å². The summed E-state index contributed by atoms with van der Waals surface area (Å²) in [6.07, 6.45) is 1.71. The third-order valence-electron chi connectivity index (χ3n) is 2.20. The first-order valence-electron chi connectivity index (χ1n) is 4.43. The van der Waals surface area contributed by atoms with Crippen molar-refractivity contribution in [2.45, 2.75) is 12.8 Å². The van der Waals surface area contributed by atoms with Crippen molar-refractivity contribution in [1.29, 1.82) is 5.26 Å². The maximum Gasteiger partial charge on any atom is 0.0881 e. The van der Waals surface area contributed by atoms with E-state index >= 15 is 0 Å². The van der Waals surface area contributed by atoms with Crippen LogP contribution >= 0.6 is 0 Å². The van der Waals surface area contributed by atoms with Gasteiger partial charge < -0.3 is 0 Å². The van der Waals surface area contributed by atoms with Gasteiger partial charge in [-0.05, 0) is 6.92 Å². The van der Waals surface area contributed by atoms with Crippen molar-refractivity contribution in [1.82, 2.24) is 10.2 Å². The van der Waals surface area contributed by atoms with Gasteiger partial charge >= 0.3 is 0 Å². The summed E-state index contributed by atoms with van der Waals surface area (Å²) in [6, 6.07) is 10.00. The Hall–Kier alpha value is -1.95. The van der Waals surface area contributed by atoms with Crippen LogP contribution in [0.5, 0.6) is 0 Å². The van der Waals surface area contributed by atoms with Gasteiger partial charge in [-0.15, -0.1) is 0 Å². The molecule has 3 heteroatoms. The molecule has 3 nitrogen and oxygen atoms in total. The quantitative estimate of drug-likeness (QED) is 0.681. The van der Waals surface area contributed by atoms with Crippen LogP contribution < -0.4 is 0 Å². The zero-order chi connectivity index (χ0) is 9.97. The number of hydrogen-bond acceptors (Lipinski definition) is 3. The zero-order valence-electron chi connectivity index (χ0n) is 7.81. The molecule has 0 aliphatic heterocycles. The molecule has 0 aliphatic carbocycles. The standard InChI is InChI=1S/C11H9N3/c1-8(6-12)11-10-5-3-2-4-9(10)7-13-14-11/h2-5,7-8H,1H3. The Bertz CT molecular complexity index is 494. The Balaban J connectivity index is 2.72. The minimum absolute atomic E-state index is 0.214. The Kier molecular flexibility index (Phi) is 2.11. The van der Waals surface area contributed by atoms with Gasteiger partial charge in [0.05, 0.1) is 23.9 Å². The third-order valence-corrected chi connectivity index (χ3v) is 2.20. The number of nitriles is 1. The zero-order valence-corrected chi connectivity index (χ0v) is 7.81. The first kappa shape index (κ1) is 8.64. The molecule has 0 saturated carbocycles. The van der Waals surface area contributed by atoms with E-state index in [-0.39, 0.29) is 5.92 Å². The summed E-state index contributed by atoms with van der Waals surface area (Å²) in [7, 11) is 0. The second-order valence-electron chi connectivity index (χ2n) is 3.17. The summed E-state index contributed by atoms with van der Waals surface area (Å²) in [5, 5.41) is 18.8. The lowest BCUT2D eigenvalue weighted by atomic mass is 10.0. The van der Waals surface area contributed by atoms with Crippen LogP contribution in [0.4, 0.5) is 0 Å². The van der Waals surface area contributed by atoms with Gasteiger partial charge in [0.2, 0.25) is 0 Å². The molecule has 0 bridgehead atoms. The lowest BCUT2D eigenvalue weighted by molar-refractivity contribution is 0.873. The van der Waals surface area contributed by atoms with Crippen molar-refractivity contribution in [3.8, 4) is 6.07 Å². The van der Waals surface area contributed by atoms with E-state index in [9.17, 15) is 0 Å². The molecule has 0 spiro atoms. The molecule has 2 aromatic rings. The molecule has 0 aliphatic rings. The van der Waals surface area contributed by atoms with Crippen molar-refractivity contribution in [3.05, 3.63) is 36.2 Å². The first-order chi connectivity index (χ1) is 6.83. The SMILES string of the molecule is CC(C#N)c1nncc2ccccc12. The Morgan fingerprint density at radius 3 is 2.93 bits per heavy atom. The summed E-state index contributed by atoms with van der Waals surface area (Å²) >= 11 is 0. The van der Waals surface area contributed by atoms with Crippen molar-refractivity contribution in [2.24, 2.45) is 0 Å². The maximum absolute atomic E-state index is 8.83. The molecule has 68 valence electrons. The fourth-order valence-electron chi connectivity index (χ4n) is 1.43. The highest BCUT2D eigenvalue weighted by molar-refractivity contribution is 5.84. The van der Waals surface area contributed by atoms with Gasteiger partial charge in [0.15, 0.2) is 0 Å². The molecule has 0 fully saturated rings. The second-order valence-corrected chi connectivity index (χ2v) is 3.17. The molecule has 1 atom stereocenters. The van der Waals surface area contributed by atoms with E-state index in [1.165, 1.54) is 0 Å². The van der Waals surface area contributed by atoms with Gasteiger partial charge in [0.25, 0.3) is 0 Å². The van der Waals surface area contributed by atoms with Crippen LogP contribution in [0.2, 0.25) is 0 Å². The van der Waals surface area contributed by atoms with Crippen molar-refractivity contribution in [3.63, 3.8) is 0 Å². The lowest BCUT2D eigenvalue weighted by Gasteiger charge is -2.04. The number of rotatable bonds is 1. The van der Waals surface area contributed by atoms with Crippen molar-refractivity contribution in [2.75, 3.05) is 0 Å². The minimum Gasteiger partial charge on any atom is -0.198 e. The second kappa shape index (κ2) is 3.43. The summed E-state index contributed by atoms with van der Waals surface area (Å²) in [5.74, 6) is -0.214. The highest BCUT2D eigenvalue weighted by Gasteiger charge is 2.09. The molecule has 0 radical (unpaired) electrons. The molecule has 0 N–H and O–H groups in total. The average Bonchev–Trinajstić information content (AvgIpc) is 2.27. The molecular weight excluding hydrogens is 174 g/mol. The largest absolute Gasteiger partial charge is 0.198 e. The molecule has 1 heterocycles. The van der Waals surface area contributed by atoms with E-state index in [1.54, 1.807) is 6.20 Å². The fourth-order valence-corrected chi connectivity index (χ4v) is 1.43. The van der Waals surface area contributed by atoms with Crippen LogP contribution in [-0.2, 0) is 0 Å². The van der Waals surface area contributed by atoms with Crippen molar-refractivity contribution < 1.29 is 0 Å². The topological polar surface area (TPSA) is 49.6 Å². The van der Waals surface area contributed by atoms with Crippen LogP contribution in [-0.4, -0.2) is 10.2 Å². The summed E-state index contributed by atoms with van der Waals surface area (Å²) in [5.41, 5.74) is 0.755. The molecule has 2 rings (SSSR count). The third kappa shape index (κ3) is 1.31. The number of fused-ring (bicyclic) bond motifs is 1. The van der Waals surface area contributed by atoms with Gasteiger partial charge in [-0.1, -0.05) is 24.3 Å². The fraction of sp³-hybridized carbons (Fsp3) is 0.182. The van der Waals surface area contributed by atoms with E-state index in [4.69, 9.17) is 5.26 Å². The number of nitrogens with zero attached hydrogens (tertiary/aromatic N) is 3. The summed E-state index contributed by atoms with van der Waals surface area (Å²) < 4.78 is 0. The predicted molar refractivity (Wildman–Crippen MR) is 53.6 cm³/mol. The molecular formula is C11H9N3. The number of hydrogen-bond donors (Lipinski definition) is 0. The maximum atomic E-state index is 8.83. The average molecular weight is 183 g/mol. The van der Waals surface area contributed by atoms with E-state index in [0.29, 0.717) is 0 Å². The summed E-state index contributed by atoms with van der Waals surface area (Å²) in [6.45, 7) is 1.83. The lowest BCUT2D eigenvalue weighted by Crippen LogP contribution is -1.97. The monoisotopic (exact) mass is 183 g/mol.